The highest BCUT2D eigenvalue weighted by Crippen LogP contribution is 2.32. The molecule has 0 atom stereocenters. The highest BCUT2D eigenvalue weighted by atomic mass is 28.3. The molecule has 23 heavy (non-hydrogen) atoms. The van der Waals surface area contributed by atoms with Crippen molar-refractivity contribution in [1.82, 2.24) is 0 Å². The van der Waals surface area contributed by atoms with Gasteiger partial charge in [0, 0.05) is 8.80 Å². The van der Waals surface area contributed by atoms with Crippen LogP contribution >= 0.6 is 0 Å². The summed E-state index contributed by atoms with van der Waals surface area (Å²) in [6.45, 7) is 2.26. The smallest absolute Gasteiger partial charge is 0.166 e. The maximum absolute atomic E-state index is 12.5. The van der Waals surface area contributed by atoms with Crippen LogP contribution in [-0.2, 0) is 12.6 Å². The molecular weight excluding hydrogens is 313 g/mol. The van der Waals surface area contributed by atoms with E-state index in [0.29, 0.717) is 0 Å². The first kappa shape index (κ1) is 18.6. The van der Waals surface area contributed by atoms with Crippen LogP contribution in [0.2, 0.25) is 18.1 Å². The first-order chi connectivity index (χ1) is 11.0. The lowest BCUT2D eigenvalue weighted by Gasteiger charge is -2.27. The summed E-state index contributed by atoms with van der Waals surface area (Å²) in [6.07, 6.45) is 4.63. The molecule has 0 aliphatic carbocycles. The van der Waals surface area contributed by atoms with Crippen LogP contribution in [0.15, 0.2) is 24.3 Å². The van der Waals surface area contributed by atoms with Gasteiger partial charge in [-0.2, -0.15) is 13.2 Å². The second-order valence-corrected chi connectivity index (χ2v) is 9.88. The zero-order valence-corrected chi connectivity index (χ0v) is 15.1. The van der Waals surface area contributed by atoms with Crippen molar-refractivity contribution in [2.75, 3.05) is 0 Å². The lowest BCUT2D eigenvalue weighted by Crippen LogP contribution is -2.21. The topological polar surface area (TPSA) is 0 Å². The van der Waals surface area contributed by atoms with E-state index in [9.17, 15) is 13.2 Å². The Kier molecular flexibility index (Phi) is 7.19. The van der Waals surface area contributed by atoms with E-state index in [1.165, 1.54) is 62.4 Å². The van der Waals surface area contributed by atoms with Gasteiger partial charge in [0.15, 0.2) is 0 Å². The van der Waals surface area contributed by atoms with Gasteiger partial charge < -0.3 is 0 Å². The molecular formula is C19H28F3Si. The summed E-state index contributed by atoms with van der Waals surface area (Å²) in [5.74, 6) is 0.789. The van der Waals surface area contributed by atoms with Crippen molar-refractivity contribution >= 4 is 8.80 Å². The molecule has 0 N–H and O–H groups in total. The van der Waals surface area contributed by atoms with Gasteiger partial charge in [-0.3, -0.25) is 0 Å². The zero-order chi connectivity index (χ0) is 16.7. The number of halogens is 3. The minimum absolute atomic E-state index is 0.0817. The molecule has 1 aliphatic heterocycles. The van der Waals surface area contributed by atoms with Crippen molar-refractivity contribution in [2.24, 2.45) is 5.92 Å². The van der Waals surface area contributed by atoms with E-state index in [1.54, 1.807) is 12.1 Å². The second kappa shape index (κ2) is 8.91. The SMILES string of the molecule is CCCCC[Si]1CCC(CCc2ccc(C(F)(F)F)cc2)CC1. The lowest BCUT2D eigenvalue weighted by molar-refractivity contribution is -0.137. The van der Waals surface area contributed by atoms with Crippen LogP contribution in [0.4, 0.5) is 13.2 Å². The van der Waals surface area contributed by atoms with Crippen LogP contribution in [0.1, 0.15) is 56.6 Å². The predicted octanol–water partition coefficient (Wildman–Crippen LogP) is 6.73. The Balaban J connectivity index is 1.69. The molecule has 1 aromatic carbocycles. The van der Waals surface area contributed by atoms with Crippen LogP contribution in [0.3, 0.4) is 0 Å². The second-order valence-electron chi connectivity index (χ2n) is 6.88. The standard InChI is InChI=1S/C19H28F3Si/c1-2-3-4-13-23-14-11-17(12-15-23)6-5-16-7-9-18(10-8-16)19(20,21)22/h7-10,17H,2-6,11-15H2,1H3. The predicted molar refractivity (Wildman–Crippen MR) is 92.2 cm³/mol. The molecule has 4 heteroatoms. The number of hydrogen-bond acceptors (Lipinski definition) is 0. The maximum Gasteiger partial charge on any atom is 0.416 e. The molecule has 0 unspecified atom stereocenters. The van der Waals surface area contributed by atoms with Crippen LogP contribution in [-0.4, -0.2) is 8.80 Å². The van der Waals surface area contributed by atoms with Gasteiger partial charge in [-0.1, -0.05) is 69.3 Å². The summed E-state index contributed by atoms with van der Waals surface area (Å²) in [5.41, 5.74) is 0.496. The Labute approximate surface area is 140 Å². The molecule has 1 heterocycles. The number of alkyl halides is 3. The van der Waals surface area contributed by atoms with Crippen molar-refractivity contribution < 1.29 is 13.2 Å². The molecule has 0 saturated carbocycles. The van der Waals surface area contributed by atoms with Crippen LogP contribution in [0.5, 0.6) is 0 Å². The Morgan fingerprint density at radius 3 is 2.26 bits per heavy atom. The third-order valence-corrected chi connectivity index (χ3v) is 8.12. The highest BCUT2D eigenvalue weighted by Gasteiger charge is 2.30. The minimum Gasteiger partial charge on any atom is -0.166 e. The fraction of sp³-hybridized carbons (Fsp3) is 0.684. The first-order valence-corrected chi connectivity index (χ1v) is 11.1. The van der Waals surface area contributed by atoms with Gasteiger partial charge in [0.1, 0.15) is 0 Å². The van der Waals surface area contributed by atoms with E-state index in [4.69, 9.17) is 0 Å². The minimum atomic E-state index is -4.22. The third kappa shape index (κ3) is 6.32. The van der Waals surface area contributed by atoms with Gasteiger partial charge >= 0.3 is 6.18 Å². The van der Waals surface area contributed by atoms with E-state index < -0.39 is 11.7 Å². The average Bonchev–Trinajstić information content (AvgIpc) is 2.54. The Hall–Kier alpha value is -0.773. The van der Waals surface area contributed by atoms with Gasteiger partial charge in [0.2, 0.25) is 0 Å². The number of hydrogen-bond donors (Lipinski definition) is 0. The number of benzene rings is 1. The molecule has 1 radical (unpaired) electrons. The van der Waals surface area contributed by atoms with Crippen molar-refractivity contribution in [3.8, 4) is 0 Å². The quantitative estimate of drug-likeness (QED) is 0.381. The maximum atomic E-state index is 12.5. The van der Waals surface area contributed by atoms with E-state index in [0.717, 1.165) is 24.3 Å². The lowest BCUT2D eigenvalue weighted by atomic mass is 9.94. The summed E-state index contributed by atoms with van der Waals surface area (Å²) >= 11 is 0. The fourth-order valence-corrected chi connectivity index (χ4v) is 6.61. The first-order valence-electron chi connectivity index (χ1n) is 8.98. The van der Waals surface area contributed by atoms with E-state index >= 15 is 0 Å². The molecule has 2 rings (SSSR count). The van der Waals surface area contributed by atoms with E-state index in [1.807, 2.05) is 0 Å². The molecule has 0 nitrogen and oxygen atoms in total. The Morgan fingerprint density at radius 1 is 1.04 bits per heavy atom. The number of aryl methyl sites for hydroxylation is 1. The monoisotopic (exact) mass is 341 g/mol. The van der Waals surface area contributed by atoms with Crippen LogP contribution in [0.25, 0.3) is 0 Å². The molecule has 1 saturated heterocycles. The molecule has 1 fully saturated rings. The van der Waals surface area contributed by atoms with Crippen molar-refractivity contribution in [2.45, 2.75) is 76.2 Å². The molecule has 1 aliphatic rings. The molecule has 1 aromatic rings. The molecule has 129 valence electrons. The van der Waals surface area contributed by atoms with E-state index in [-0.39, 0.29) is 8.80 Å². The van der Waals surface area contributed by atoms with Crippen molar-refractivity contribution in [3.05, 3.63) is 35.4 Å². The summed E-state index contributed by atoms with van der Waals surface area (Å²) in [7, 11) is -0.0817. The Bertz CT molecular complexity index is 445. The van der Waals surface area contributed by atoms with Gasteiger partial charge in [-0.05, 0) is 36.5 Å². The highest BCUT2D eigenvalue weighted by molar-refractivity contribution is 6.58. The number of unbranched alkanes of at least 4 members (excludes halogenated alkanes) is 2. The molecule has 0 bridgehead atoms. The van der Waals surface area contributed by atoms with Gasteiger partial charge in [0.25, 0.3) is 0 Å². The van der Waals surface area contributed by atoms with Crippen molar-refractivity contribution in [1.29, 1.82) is 0 Å². The van der Waals surface area contributed by atoms with Crippen molar-refractivity contribution in [3.63, 3.8) is 0 Å². The summed E-state index contributed by atoms with van der Waals surface area (Å²) in [4.78, 5) is 0. The summed E-state index contributed by atoms with van der Waals surface area (Å²) in [5, 5.41) is 0. The largest absolute Gasteiger partial charge is 0.416 e. The normalized spacial score (nSPS) is 17.6. The fourth-order valence-electron chi connectivity index (χ4n) is 3.48. The van der Waals surface area contributed by atoms with Crippen LogP contribution < -0.4 is 0 Å². The molecule has 0 spiro atoms. The van der Waals surface area contributed by atoms with Crippen LogP contribution in [0, 0.1) is 5.92 Å². The molecule has 0 aromatic heterocycles. The van der Waals surface area contributed by atoms with Gasteiger partial charge in [-0.15, -0.1) is 0 Å². The average molecular weight is 342 g/mol. The third-order valence-electron chi connectivity index (χ3n) is 5.07. The van der Waals surface area contributed by atoms with Gasteiger partial charge in [0.05, 0.1) is 5.56 Å². The van der Waals surface area contributed by atoms with E-state index in [2.05, 4.69) is 6.92 Å². The zero-order valence-electron chi connectivity index (χ0n) is 14.1. The summed E-state index contributed by atoms with van der Waals surface area (Å²) in [6, 6.07) is 10.1. The Morgan fingerprint density at radius 2 is 1.70 bits per heavy atom. The summed E-state index contributed by atoms with van der Waals surface area (Å²) < 4.78 is 37.6. The molecule has 0 amide bonds. The van der Waals surface area contributed by atoms with Gasteiger partial charge in [-0.25, -0.2) is 0 Å². The number of rotatable bonds is 7.